The van der Waals surface area contributed by atoms with Gasteiger partial charge in [-0.05, 0) is 42.7 Å². The molecule has 12 nitrogen and oxygen atoms in total. The minimum Gasteiger partial charge on any atom is -0.508 e. The summed E-state index contributed by atoms with van der Waals surface area (Å²) >= 11 is 0. The van der Waals surface area contributed by atoms with E-state index in [2.05, 4.69) is 20.9 Å². The summed E-state index contributed by atoms with van der Waals surface area (Å²) in [6.07, 6.45) is 1.88. The highest BCUT2D eigenvalue weighted by Gasteiger charge is 2.29. The van der Waals surface area contributed by atoms with Gasteiger partial charge in [0, 0.05) is 23.5 Å². The fourth-order valence-electron chi connectivity index (χ4n) is 3.83. The van der Waals surface area contributed by atoms with Crippen LogP contribution in [0.15, 0.2) is 54.7 Å². The third-order valence-electron chi connectivity index (χ3n) is 6.01. The van der Waals surface area contributed by atoms with Gasteiger partial charge >= 0.3 is 5.97 Å². The van der Waals surface area contributed by atoms with Gasteiger partial charge in [0.15, 0.2) is 0 Å². The molecule has 3 rings (SSSR count). The number of aliphatic carboxylic acids is 1. The van der Waals surface area contributed by atoms with Crippen molar-refractivity contribution in [1.82, 2.24) is 20.9 Å². The monoisotopic (exact) mass is 525 g/mol. The van der Waals surface area contributed by atoms with Crippen molar-refractivity contribution in [3.63, 3.8) is 0 Å². The smallest absolute Gasteiger partial charge is 0.325 e. The van der Waals surface area contributed by atoms with Crippen LogP contribution in [0.4, 0.5) is 0 Å². The van der Waals surface area contributed by atoms with Gasteiger partial charge in [-0.2, -0.15) is 0 Å². The molecule has 4 atom stereocenters. The number of H-pyrrole nitrogens is 1. The zero-order valence-corrected chi connectivity index (χ0v) is 20.7. The van der Waals surface area contributed by atoms with Gasteiger partial charge < -0.3 is 42.0 Å². The van der Waals surface area contributed by atoms with Crippen molar-refractivity contribution in [2.24, 2.45) is 5.73 Å². The second kappa shape index (κ2) is 12.7. The molecule has 0 aliphatic rings. The summed E-state index contributed by atoms with van der Waals surface area (Å²) in [4.78, 5) is 52.7. The second-order valence-corrected chi connectivity index (χ2v) is 8.91. The van der Waals surface area contributed by atoms with Crippen molar-refractivity contribution < 1.29 is 34.5 Å². The number of nitrogens with two attached hydrogens (primary N) is 1. The SMILES string of the molecule is CC(NC(=O)C(Cc1ccc(O)cc1)NC(=O)C(CO)NC(=O)C(N)Cc1c[nH]c2ccccc12)C(=O)O. The number of hydrogen-bond donors (Lipinski definition) is 8. The number of phenols is 1. The number of amides is 3. The zero-order chi connectivity index (χ0) is 27.8. The second-order valence-electron chi connectivity index (χ2n) is 8.91. The number of carboxylic acids is 1. The number of fused-ring (bicyclic) bond motifs is 1. The van der Waals surface area contributed by atoms with E-state index in [1.807, 2.05) is 24.3 Å². The number of carbonyl (C=O) groups is 4. The van der Waals surface area contributed by atoms with Gasteiger partial charge in [0.25, 0.3) is 0 Å². The maximum absolute atomic E-state index is 12.9. The molecular formula is C26H31N5O7. The fourth-order valence-corrected chi connectivity index (χ4v) is 3.83. The molecule has 0 saturated heterocycles. The number of para-hydroxylation sites is 1. The molecule has 1 aromatic heterocycles. The maximum Gasteiger partial charge on any atom is 0.325 e. The Hall–Kier alpha value is -4.42. The molecule has 12 heteroatoms. The number of benzene rings is 2. The van der Waals surface area contributed by atoms with Gasteiger partial charge in [-0.25, -0.2) is 0 Å². The first-order valence-corrected chi connectivity index (χ1v) is 11.9. The third kappa shape index (κ3) is 7.31. The molecule has 4 unspecified atom stereocenters. The third-order valence-corrected chi connectivity index (χ3v) is 6.01. The predicted octanol–water partition coefficient (Wildman–Crippen LogP) is -0.463. The van der Waals surface area contributed by atoms with Crippen LogP contribution >= 0.6 is 0 Å². The summed E-state index contributed by atoms with van der Waals surface area (Å²) < 4.78 is 0. The fraction of sp³-hybridized carbons (Fsp3) is 0.308. The van der Waals surface area contributed by atoms with Gasteiger partial charge in [-0.3, -0.25) is 19.2 Å². The number of aromatic nitrogens is 1. The summed E-state index contributed by atoms with van der Waals surface area (Å²) in [5, 5.41) is 36.5. The summed E-state index contributed by atoms with van der Waals surface area (Å²) in [7, 11) is 0. The molecule has 0 fully saturated rings. The summed E-state index contributed by atoms with van der Waals surface area (Å²) in [5.41, 5.74) is 8.33. The summed E-state index contributed by atoms with van der Waals surface area (Å²) in [6, 6.07) is 8.49. The number of aliphatic hydroxyl groups excluding tert-OH is 1. The van der Waals surface area contributed by atoms with Crippen molar-refractivity contribution in [2.75, 3.05) is 6.61 Å². The molecular weight excluding hydrogens is 494 g/mol. The number of aliphatic hydroxyl groups is 1. The van der Waals surface area contributed by atoms with Crippen LogP contribution in [-0.2, 0) is 32.0 Å². The lowest BCUT2D eigenvalue weighted by molar-refractivity contribution is -0.141. The highest BCUT2D eigenvalue weighted by molar-refractivity contribution is 5.94. The molecule has 1 heterocycles. The molecule has 38 heavy (non-hydrogen) atoms. The van der Waals surface area contributed by atoms with Crippen molar-refractivity contribution in [2.45, 2.75) is 43.9 Å². The first kappa shape index (κ1) is 28.2. The Bertz CT molecular complexity index is 1290. The molecule has 2 aromatic carbocycles. The number of carbonyl (C=O) groups excluding carboxylic acids is 3. The lowest BCUT2D eigenvalue weighted by Gasteiger charge is -2.24. The Balaban J connectivity index is 1.68. The highest BCUT2D eigenvalue weighted by Crippen LogP contribution is 2.19. The Morgan fingerprint density at radius 3 is 2.18 bits per heavy atom. The number of aromatic hydroxyl groups is 1. The molecule has 0 aliphatic carbocycles. The van der Waals surface area contributed by atoms with Gasteiger partial charge in [-0.15, -0.1) is 0 Å². The zero-order valence-electron chi connectivity index (χ0n) is 20.7. The van der Waals surface area contributed by atoms with Crippen LogP contribution in [0, 0.1) is 0 Å². The number of carboxylic acid groups (broad SMARTS) is 1. The first-order valence-electron chi connectivity index (χ1n) is 11.9. The number of hydrogen-bond acceptors (Lipinski definition) is 7. The van der Waals surface area contributed by atoms with E-state index in [0.717, 1.165) is 16.5 Å². The quantitative estimate of drug-likeness (QED) is 0.155. The summed E-state index contributed by atoms with van der Waals surface area (Å²) in [5.74, 6) is -3.57. The Morgan fingerprint density at radius 2 is 1.53 bits per heavy atom. The lowest BCUT2D eigenvalue weighted by Crippen LogP contribution is -2.58. The van der Waals surface area contributed by atoms with Crippen LogP contribution < -0.4 is 21.7 Å². The number of nitrogens with one attached hydrogen (secondary N) is 4. The van der Waals surface area contributed by atoms with E-state index >= 15 is 0 Å². The normalized spacial score (nSPS) is 14.2. The van der Waals surface area contributed by atoms with Crippen LogP contribution in [0.1, 0.15) is 18.1 Å². The van der Waals surface area contributed by atoms with Gasteiger partial charge in [0.05, 0.1) is 12.6 Å². The van der Waals surface area contributed by atoms with Gasteiger partial charge in [-0.1, -0.05) is 30.3 Å². The Kier molecular flexibility index (Phi) is 9.41. The lowest BCUT2D eigenvalue weighted by atomic mass is 10.0. The average Bonchev–Trinajstić information content (AvgIpc) is 3.30. The van der Waals surface area contributed by atoms with E-state index in [4.69, 9.17) is 10.8 Å². The number of rotatable bonds is 12. The first-order chi connectivity index (χ1) is 18.1. The molecule has 0 saturated carbocycles. The maximum atomic E-state index is 12.9. The van der Waals surface area contributed by atoms with Gasteiger partial charge in [0.2, 0.25) is 17.7 Å². The van der Waals surface area contributed by atoms with Crippen molar-refractivity contribution in [1.29, 1.82) is 0 Å². The average molecular weight is 526 g/mol. The molecule has 202 valence electrons. The van der Waals surface area contributed by atoms with E-state index in [1.165, 1.54) is 31.2 Å². The molecule has 3 amide bonds. The largest absolute Gasteiger partial charge is 0.508 e. The molecule has 9 N–H and O–H groups in total. The van der Waals surface area contributed by atoms with Crippen molar-refractivity contribution in [3.8, 4) is 5.75 Å². The van der Waals surface area contributed by atoms with Crippen LogP contribution in [0.3, 0.4) is 0 Å². The molecule has 3 aromatic rings. The minimum atomic E-state index is -1.41. The van der Waals surface area contributed by atoms with Crippen LogP contribution in [0.2, 0.25) is 0 Å². The van der Waals surface area contributed by atoms with Crippen molar-refractivity contribution >= 4 is 34.6 Å². The molecule has 0 aliphatic heterocycles. The molecule has 0 spiro atoms. The Morgan fingerprint density at radius 1 is 0.895 bits per heavy atom. The van der Waals surface area contributed by atoms with Crippen LogP contribution in [0.5, 0.6) is 5.75 Å². The highest BCUT2D eigenvalue weighted by atomic mass is 16.4. The minimum absolute atomic E-state index is 0.00492. The van der Waals surface area contributed by atoms with Gasteiger partial charge in [0.1, 0.15) is 23.9 Å². The van der Waals surface area contributed by atoms with Crippen LogP contribution in [-0.4, -0.2) is 74.8 Å². The van der Waals surface area contributed by atoms with E-state index in [9.17, 15) is 29.4 Å². The van der Waals surface area contributed by atoms with E-state index in [1.54, 1.807) is 6.20 Å². The number of phenolic OH excluding ortho intramolecular Hbond substituents is 1. The predicted molar refractivity (Wildman–Crippen MR) is 138 cm³/mol. The van der Waals surface area contributed by atoms with Crippen molar-refractivity contribution in [3.05, 3.63) is 65.9 Å². The van der Waals surface area contributed by atoms with E-state index in [0.29, 0.717) is 5.56 Å². The summed E-state index contributed by atoms with van der Waals surface area (Å²) in [6.45, 7) is 0.502. The topological polar surface area (TPSA) is 207 Å². The number of aromatic amines is 1. The van der Waals surface area contributed by atoms with E-state index < -0.39 is 54.5 Å². The Labute approximate surface area is 218 Å². The standard InChI is InChI=1S/C26H31N5O7/c1-14(26(37)38)29-24(35)21(10-15-6-8-17(33)9-7-15)30-25(36)22(13-32)31-23(34)19(27)11-16-12-28-20-5-3-2-4-18(16)20/h2-9,12,14,19,21-22,28,32-33H,10-11,13,27H2,1H3,(H,29,35)(H,30,36)(H,31,34)(H,37,38). The van der Waals surface area contributed by atoms with E-state index in [-0.39, 0.29) is 18.6 Å². The molecule has 0 radical (unpaired) electrons. The van der Waals surface area contributed by atoms with Crippen LogP contribution in [0.25, 0.3) is 10.9 Å². The molecule has 0 bridgehead atoms.